The van der Waals surface area contributed by atoms with Gasteiger partial charge in [0.2, 0.25) is 0 Å². The van der Waals surface area contributed by atoms with Gasteiger partial charge in [-0.2, -0.15) is 0 Å². The third-order valence-corrected chi connectivity index (χ3v) is 3.62. The monoisotopic (exact) mass is 255 g/mol. The lowest BCUT2D eigenvalue weighted by Crippen LogP contribution is -2.43. The number of amides is 1. The Morgan fingerprint density at radius 2 is 2.29 bits per heavy atom. The SMILES string of the molecule is O=C1Nc2ccc(Cl)cc2C(CF)(C2CC2)O1. The van der Waals surface area contributed by atoms with E-state index in [1.807, 2.05) is 0 Å². The summed E-state index contributed by atoms with van der Waals surface area (Å²) in [6, 6.07) is 5.03. The Morgan fingerprint density at radius 1 is 1.53 bits per heavy atom. The van der Waals surface area contributed by atoms with Crippen molar-refractivity contribution in [3.05, 3.63) is 28.8 Å². The number of ether oxygens (including phenoxy) is 1. The van der Waals surface area contributed by atoms with Crippen LogP contribution in [0.25, 0.3) is 0 Å². The van der Waals surface area contributed by atoms with Gasteiger partial charge >= 0.3 is 6.09 Å². The van der Waals surface area contributed by atoms with E-state index in [1.165, 1.54) is 0 Å². The summed E-state index contributed by atoms with van der Waals surface area (Å²) in [7, 11) is 0. The zero-order valence-corrected chi connectivity index (χ0v) is 9.76. The molecule has 1 aromatic carbocycles. The predicted octanol–water partition coefficient (Wildman–Crippen LogP) is 3.48. The van der Waals surface area contributed by atoms with Crippen LogP contribution >= 0.6 is 11.6 Å². The molecular weight excluding hydrogens is 245 g/mol. The van der Waals surface area contributed by atoms with E-state index in [-0.39, 0.29) is 5.92 Å². The zero-order chi connectivity index (χ0) is 12.0. The average Bonchev–Trinajstić information content (AvgIpc) is 3.13. The van der Waals surface area contributed by atoms with Crippen LogP contribution in [-0.4, -0.2) is 12.8 Å². The van der Waals surface area contributed by atoms with Crippen molar-refractivity contribution >= 4 is 23.4 Å². The molecule has 1 fully saturated rings. The first kappa shape index (κ1) is 10.8. The van der Waals surface area contributed by atoms with Crippen LogP contribution in [0.4, 0.5) is 14.9 Å². The molecule has 5 heteroatoms. The van der Waals surface area contributed by atoms with Crippen LogP contribution in [0.3, 0.4) is 0 Å². The van der Waals surface area contributed by atoms with E-state index in [4.69, 9.17) is 16.3 Å². The quantitative estimate of drug-likeness (QED) is 0.879. The van der Waals surface area contributed by atoms with Crippen LogP contribution in [0.2, 0.25) is 5.02 Å². The van der Waals surface area contributed by atoms with Crippen molar-refractivity contribution in [2.24, 2.45) is 5.92 Å². The summed E-state index contributed by atoms with van der Waals surface area (Å²) >= 11 is 5.93. The van der Waals surface area contributed by atoms with Crippen molar-refractivity contribution in [1.82, 2.24) is 0 Å². The van der Waals surface area contributed by atoms with Crippen molar-refractivity contribution in [2.45, 2.75) is 18.4 Å². The highest BCUT2D eigenvalue weighted by molar-refractivity contribution is 6.30. The molecule has 3 rings (SSSR count). The van der Waals surface area contributed by atoms with Gasteiger partial charge in [-0.15, -0.1) is 0 Å². The lowest BCUT2D eigenvalue weighted by Gasteiger charge is -2.36. The maximum absolute atomic E-state index is 13.5. The number of hydrogen-bond donors (Lipinski definition) is 1. The molecule has 17 heavy (non-hydrogen) atoms. The molecule has 1 N–H and O–H groups in total. The first-order chi connectivity index (χ1) is 8.15. The van der Waals surface area contributed by atoms with Gasteiger partial charge in [0.05, 0.1) is 5.69 Å². The van der Waals surface area contributed by atoms with Gasteiger partial charge in [0, 0.05) is 16.5 Å². The molecule has 0 saturated heterocycles. The van der Waals surface area contributed by atoms with Crippen molar-refractivity contribution in [1.29, 1.82) is 0 Å². The molecule has 1 aliphatic heterocycles. The fourth-order valence-corrected chi connectivity index (χ4v) is 2.56. The second-order valence-electron chi connectivity index (χ2n) is 4.50. The van der Waals surface area contributed by atoms with E-state index < -0.39 is 18.4 Å². The van der Waals surface area contributed by atoms with Crippen molar-refractivity contribution in [3.8, 4) is 0 Å². The Balaban J connectivity index is 2.17. The second-order valence-corrected chi connectivity index (χ2v) is 4.94. The van der Waals surface area contributed by atoms with Gasteiger partial charge in [-0.25, -0.2) is 9.18 Å². The minimum atomic E-state index is -1.14. The van der Waals surface area contributed by atoms with Crippen molar-refractivity contribution < 1.29 is 13.9 Å². The number of fused-ring (bicyclic) bond motifs is 1. The molecule has 1 aliphatic carbocycles. The number of nitrogens with one attached hydrogen (secondary N) is 1. The summed E-state index contributed by atoms with van der Waals surface area (Å²) in [4.78, 5) is 11.5. The number of cyclic esters (lactones) is 1. The van der Waals surface area contributed by atoms with Crippen LogP contribution < -0.4 is 5.32 Å². The van der Waals surface area contributed by atoms with Gasteiger partial charge in [0.25, 0.3) is 0 Å². The largest absolute Gasteiger partial charge is 0.435 e. The van der Waals surface area contributed by atoms with E-state index in [0.29, 0.717) is 16.3 Å². The number of hydrogen-bond acceptors (Lipinski definition) is 2. The summed E-state index contributed by atoms with van der Waals surface area (Å²) in [6.07, 6.45) is 1.16. The number of anilines is 1. The first-order valence-electron chi connectivity index (χ1n) is 5.52. The van der Waals surface area contributed by atoms with Gasteiger partial charge in [-0.05, 0) is 31.0 Å². The molecule has 1 atom stereocenters. The Morgan fingerprint density at radius 3 is 2.94 bits per heavy atom. The lowest BCUT2D eigenvalue weighted by molar-refractivity contribution is -0.0262. The zero-order valence-electron chi connectivity index (χ0n) is 9.00. The Bertz CT molecular complexity index is 489. The molecule has 0 spiro atoms. The predicted molar refractivity (Wildman–Crippen MR) is 61.9 cm³/mol. The summed E-state index contributed by atoms with van der Waals surface area (Å²) in [6.45, 7) is -0.710. The third-order valence-electron chi connectivity index (χ3n) is 3.38. The smallest absolute Gasteiger partial charge is 0.412 e. The van der Waals surface area contributed by atoms with Gasteiger partial charge in [-0.3, -0.25) is 5.32 Å². The molecule has 1 aromatic rings. The number of carbonyl (C=O) groups is 1. The second kappa shape index (κ2) is 3.60. The molecule has 0 aromatic heterocycles. The van der Waals surface area contributed by atoms with Gasteiger partial charge in [0.1, 0.15) is 6.67 Å². The maximum atomic E-state index is 13.5. The average molecular weight is 256 g/mol. The molecule has 0 radical (unpaired) electrons. The lowest BCUT2D eigenvalue weighted by atomic mass is 9.87. The van der Waals surface area contributed by atoms with Crippen LogP contribution in [0.5, 0.6) is 0 Å². The molecule has 0 bridgehead atoms. The van der Waals surface area contributed by atoms with Crippen molar-refractivity contribution in [3.63, 3.8) is 0 Å². The number of alkyl halides is 1. The Kier molecular flexibility index (Phi) is 2.30. The highest BCUT2D eigenvalue weighted by Gasteiger charge is 2.53. The molecular formula is C12H11ClFNO2. The molecule has 1 unspecified atom stereocenters. The maximum Gasteiger partial charge on any atom is 0.412 e. The topological polar surface area (TPSA) is 38.3 Å². The van der Waals surface area contributed by atoms with E-state index in [0.717, 1.165) is 12.8 Å². The summed E-state index contributed by atoms with van der Waals surface area (Å²) in [5.74, 6) is 0.0655. The molecule has 1 saturated carbocycles. The van der Waals surface area contributed by atoms with Crippen LogP contribution in [0.1, 0.15) is 18.4 Å². The number of carbonyl (C=O) groups excluding carboxylic acids is 1. The minimum Gasteiger partial charge on any atom is -0.435 e. The number of rotatable bonds is 2. The van der Waals surface area contributed by atoms with Gasteiger partial charge in [-0.1, -0.05) is 11.6 Å². The number of benzene rings is 1. The minimum absolute atomic E-state index is 0.0655. The molecule has 90 valence electrons. The molecule has 1 amide bonds. The van der Waals surface area contributed by atoms with E-state index in [2.05, 4.69) is 5.32 Å². The molecule has 2 aliphatic rings. The Labute approximate surface area is 103 Å². The van der Waals surface area contributed by atoms with Crippen LogP contribution in [0.15, 0.2) is 18.2 Å². The van der Waals surface area contributed by atoms with E-state index in [1.54, 1.807) is 18.2 Å². The standard InChI is InChI=1S/C12H11ClFNO2/c13-8-3-4-10-9(5-8)12(6-14,7-1-2-7)17-11(16)15-10/h3-5,7H,1-2,6H2,(H,15,16). The van der Waals surface area contributed by atoms with Crippen LogP contribution in [-0.2, 0) is 10.3 Å². The van der Waals surface area contributed by atoms with E-state index >= 15 is 0 Å². The summed E-state index contributed by atoms with van der Waals surface area (Å²) in [5, 5.41) is 3.09. The van der Waals surface area contributed by atoms with Crippen LogP contribution in [0, 0.1) is 5.92 Å². The first-order valence-corrected chi connectivity index (χ1v) is 5.89. The van der Waals surface area contributed by atoms with Crippen molar-refractivity contribution in [2.75, 3.05) is 12.0 Å². The fourth-order valence-electron chi connectivity index (χ4n) is 2.39. The summed E-state index contributed by atoms with van der Waals surface area (Å²) in [5.41, 5.74) is 0.104. The number of halogens is 2. The normalized spacial score (nSPS) is 27.1. The molecule has 1 heterocycles. The highest BCUT2D eigenvalue weighted by Crippen LogP contribution is 2.52. The van der Waals surface area contributed by atoms with Gasteiger partial charge < -0.3 is 4.74 Å². The Hall–Kier alpha value is -1.29. The fraction of sp³-hybridized carbons (Fsp3) is 0.417. The molecule has 3 nitrogen and oxygen atoms in total. The summed E-state index contributed by atoms with van der Waals surface area (Å²) < 4.78 is 18.7. The third kappa shape index (κ3) is 1.59. The van der Waals surface area contributed by atoms with Gasteiger partial charge in [0.15, 0.2) is 5.60 Å². The highest BCUT2D eigenvalue weighted by atomic mass is 35.5. The van der Waals surface area contributed by atoms with E-state index in [9.17, 15) is 9.18 Å².